The fourth-order valence-electron chi connectivity index (χ4n) is 3.23. The summed E-state index contributed by atoms with van der Waals surface area (Å²) >= 11 is 5.79. The van der Waals surface area contributed by atoms with Crippen LogP contribution in [0, 0.1) is 0 Å². The fourth-order valence-corrected chi connectivity index (χ4v) is 3.41. The van der Waals surface area contributed by atoms with Crippen LogP contribution >= 0.6 is 11.6 Å². The predicted octanol–water partition coefficient (Wildman–Crippen LogP) is 4.91. The van der Waals surface area contributed by atoms with E-state index >= 15 is 0 Å². The summed E-state index contributed by atoms with van der Waals surface area (Å²) in [4.78, 5) is 36.0. The van der Waals surface area contributed by atoms with Crippen molar-refractivity contribution in [2.24, 2.45) is 5.10 Å². The largest absolute Gasteiger partial charge is 0.506 e. The molecule has 0 aliphatic rings. The van der Waals surface area contributed by atoms with E-state index < -0.39 is 17.8 Å². The highest BCUT2D eigenvalue weighted by Gasteiger charge is 2.22. The normalized spacial score (nSPS) is 11.0. The number of phenols is 1. The van der Waals surface area contributed by atoms with Crippen molar-refractivity contribution in [3.8, 4) is 11.5 Å². The number of aromatic carboxylic acids is 2. The number of hydrogen-bond acceptors (Lipinski definition) is 6. The number of benzene rings is 3. The van der Waals surface area contributed by atoms with E-state index in [9.17, 15) is 29.7 Å². The minimum Gasteiger partial charge on any atom is -0.506 e. The van der Waals surface area contributed by atoms with Crippen LogP contribution in [0.5, 0.6) is 11.5 Å². The molecule has 0 atom stereocenters. The maximum absolute atomic E-state index is 12.2. The van der Waals surface area contributed by atoms with Crippen LogP contribution in [0.15, 0.2) is 59.7 Å². The third-order valence-electron chi connectivity index (χ3n) is 5.19. The lowest BCUT2D eigenvalue weighted by molar-refractivity contribution is 0.0687. The first-order valence-electron chi connectivity index (χ1n) is 10.7. The Morgan fingerprint density at radius 2 is 1.61 bits per heavy atom. The molecule has 186 valence electrons. The van der Waals surface area contributed by atoms with Gasteiger partial charge < -0.3 is 20.1 Å². The number of hydrazone groups is 1. The van der Waals surface area contributed by atoms with Gasteiger partial charge in [0, 0.05) is 5.56 Å². The Hall–Kier alpha value is -4.37. The number of carbonyl (C=O) groups excluding carboxylic acids is 1. The topological polar surface area (TPSA) is 146 Å². The van der Waals surface area contributed by atoms with Crippen LogP contribution in [0.3, 0.4) is 0 Å². The smallest absolute Gasteiger partial charge is 0.339 e. The van der Waals surface area contributed by atoms with E-state index in [1.54, 1.807) is 0 Å². The molecule has 1 amide bonds. The SMILES string of the molecule is CC(C)c1ccc(COc2c(C(=O)O)cc(C=NNC(=O)c3ccc(O)c(Cl)c3)cc2C(=O)O)cc1. The van der Waals surface area contributed by atoms with Crippen LogP contribution in [0.2, 0.25) is 5.02 Å². The maximum atomic E-state index is 12.2. The van der Waals surface area contributed by atoms with Gasteiger partial charge in [0.05, 0.1) is 11.2 Å². The van der Waals surface area contributed by atoms with Crippen molar-refractivity contribution in [3.63, 3.8) is 0 Å². The van der Waals surface area contributed by atoms with Gasteiger partial charge in [0.1, 0.15) is 29.2 Å². The molecule has 4 N–H and O–H groups in total. The molecule has 0 saturated carbocycles. The standard InChI is InChI=1S/C26H23ClN2O7/c1-14(2)17-5-3-15(4-6-17)13-36-23-19(25(32)33)9-16(10-20(23)26(34)35)12-28-29-24(31)18-7-8-22(30)21(27)11-18/h3-12,14,30H,13H2,1-2H3,(H,29,31)(H,32,33)(H,34,35). The van der Waals surface area contributed by atoms with Gasteiger partial charge in [-0.1, -0.05) is 49.7 Å². The molecule has 0 spiro atoms. The first-order valence-corrected chi connectivity index (χ1v) is 11.1. The lowest BCUT2D eigenvalue weighted by atomic mass is 10.0. The highest BCUT2D eigenvalue weighted by molar-refractivity contribution is 6.32. The highest BCUT2D eigenvalue weighted by Crippen LogP contribution is 2.28. The zero-order valence-electron chi connectivity index (χ0n) is 19.4. The number of rotatable bonds is 9. The van der Waals surface area contributed by atoms with Gasteiger partial charge in [-0.05, 0) is 52.9 Å². The molecule has 0 unspecified atom stereocenters. The first kappa shape index (κ1) is 26.2. The van der Waals surface area contributed by atoms with Crippen molar-refractivity contribution in [2.45, 2.75) is 26.4 Å². The van der Waals surface area contributed by atoms with Crippen molar-refractivity contribution >= 4 is 35.7 Å². The molecule has 0 heterocycles. The Bertz CT molecular complexity index is 1300. The molecule has 10 heteroatoms. The molecule has 0 saturated heterocycles. The number of amides is 1. The molecule has 0 bridgehead atoms. The Labute approximate surface area is 211 Å². The van der Waals surface area contributed by atoms with E-state index in [0.29, 0.717) is 5.92 Å². The number of aromatic hydroxyl groups is 1. The van der Waals surface area contributed by atoms with E-state index in [-0.39, 0.29) is 45.4 Å². The Balaban J connectivity index is 1.83. The number of hydrogen-bond donors (Lipinski definition) is 4. The van der Waals surface area contributed by atoms with Crippen LogP contribution in [0.1, 0.15) is 67.5 Å². The lowest BCUT2D eigenvalue weighted by Crippen LogP contribution is -2.17. The summed E-state index contributed by atoms with van der Waals surface area (Å²) in [6.07, 6.45) is 1.10. The molecule has 0 aliphatic carbocycles. The van der Waals surface area contributed by atoms with Crippen molar-refractivity contribution in [2.75, 3.05) is 0 Å². The van der Waals surface area contributed by atoms with Crippen LogP contribution in [0.4, 0.5) is 0 Å². The molecule has 0 aromatic heterocycles. The Morgan fingerprint density at radius 3 is 2.14 bits per heavy atom. The maximum Gasteiger partial charge on any atom is 0.339 e. The van der Waals surface area contributed by atoms with Crippen molar-refractivity contribution in [3.05, 3.63) is 93.0 Å². The molecular formula is C26H23ClN2O7. The predicted molar refractivity (Wildman–Crippen MR) is 133 cm³/mol. The molecule has 0 radical (unpaired) electrons. The summed E-state index contributed by atoms with van der Waals surface area (Å²) in [5.41, 5.74) is 3.60. The Morgan fingerprint density at radius 1 is 1.00 bits per heavy atom. The number of carboxylic acid groups (broad SMARTS) is 2. The number of carbonyl (C=O) groups is 3. The number of ether oxygens (including phenoxy) is 1. The van der Waals surface area contributed by atoms with Gasteiger partial charge in [-0.15, -0.1) is 0 Å². The highest BCUT2D eigenvalue weighted by atomic mass is 35.5. The minimum absolute atomic E-state index is 0.0183. The zero-order chi connectivity index (χ0) is 26.4. The third-order valence-corrected chi connectivity index (χ3v) is 5.49. The van der Waals surface area contributed by atoms with E-state index in [2.05, 4.69) is 24.4 Å². The van der Waals surface area contributed by atoms with Gasteiger partial charge in [0.15, 0.2) is 0 Å². The van der Waals surface area contributed by atoms with E-state index in [0.717, 1.165) is 17.3 Å². The van der Waals surface area contributed by atoms with Crippen LogP contribution < -0.4 is 10.2 Å². The molecule has 3 aromatic rings. The average molecular weight is 511 g/mol. The van der Waals surface area contributed by atoms with Crippen LogP contribution in [-0.2, 0) is 6.61 Å². The van der Waals surface area contributed by atoms with E-state index in [1.807, 2.05) is 24.3 Å². The summed E-state index contributed by atoms with van der Waals surface area (Å²) in [6, 6.07) is 13.7. The zero-order valence-corrected chi connectivity index (χ0v) is 20.1. The summed E-state index contributed by atoms with van der Waals surface area (Å²) in [6.45, 7) is 4.09. The molecule has 9 nitrogen and oxygen atoms in total. The van der Waals surface area contributed by atoms with E-state index in [4.69, 9.17) is 16.3 Å². The number of nitrogens with zero attached hydrogens (tertiary/aromatic N) is 1. The average Bonchev–Trinajstić information content (AvgIpc) is 2.84. The molecule has 36 heavy (non-hydrogen) atoms. The number of carboxylic acids is 2. The van der Waals surface area contributed by atoms with Gasteiger partial charge in [0.25, 0.3) is 5.91 Å². The second kappa shape index (κ2) is 11.4. The van der Waals surface area contributed by atoms with Crippen molar-refractivity contribution < 1.29 is 34.4 Å². The second-order valence-corrected chi connectivity index (χ2v) is 8.51. The number of halogens is 1. The van der Waals surface area contributed by atoms with Gasteiger partial charge in [0.2, 0.25) is 0 Å². The van der Waals surface area contributed by atoms with Crippen molar-refractivity contribution in [1.82, 2.24) is 5.43 Å². The Kier molecular flexibility index (Phi) is 8.29. The summed E-state index contributed by atoms with van der Waals surface area (Å²) in [7, 11) is 0. The molecule has 3 aromatic carbocycles. The summed E-state index contributed by atoms with van der Waals surface area (Å²) < 4.78 is 5.64. The van der Waals surface area contributed by atoms with Gasteiger partial charge in [-0.2, -0.15) is 5.10 Å². The third kappa shape index (κ3) is 6.39. The van der Waals surface area contributed by atoms with Crippen LogP contribution in [-0.4, -0.2) is 39.4 Å². The monoisotopic (exact) mass is 510 g/mol. The molecular weight excluding hydrogens is 488 g/mol. The molecule has 3 rings (SSSR count). The summed E-state index contributed by atoms with van der Waals surface area (Å²) in [5.74, 6) is -3.55. The first-order chi connectivity index (χ1) is 17.1. The van der Waals surface area contributed by atoms with Gasteiger partial charge >= 0.3 is 11.9 Å². The van der Waals surface area contributed by atoms with E-state index in [1.165, 1.54) is 30.3 Å². The fraction of sp³-hybridized carbons (Fsp3) is 0.154. The van der Waals surface area contributed by atoms with Gasteiger partial charge in [-0.25, -0.2) is 15.0 Å². The molecule has 0 fully saturated rings. The lowest BCUT2D eigenvalue weighted by Gasteiger charge is -2.14. The minimum atomic E-state index is -1.39. The number of nitrogens with one attached hydrogen (secondary N) is 1. The second-order valence-electron chi connectivity index (χ2n) is 8.11. The van der Waals surface area contributed by atoms with Crippen molar-refractivity contribution in [1.29, 1.82) is 0 Å². The van der Waals surface area contributed by atoms with Gasteiger partial charge in [-0.3, -0.25) is 4.79 Å². The summed E-state index contributed by atoms with van der Waals surface area (Å²) in [5, 5.41) is 32.6. The number of phenolic OH excluding ortho intramolecular Hbond substituents is 1. The quantitative estimate of drug-likeness (QED) is 0.236. The van der Waals surface area contributed by atoms with Crippen LogP contribution in [0.25, 0.3) is 0 Å². The molecule has 0 aliphatic heterocycles.